The molecule has 2 aromatic rings. The van der Waals surface area contributed by atoms with Crippen molar-refractivity contribution in [2.45, 2.75) is 45.1 Å². The number of hydrogen-bond donors (Lipinski definition) is 0. The SMILES string of the molecule is CCCCCOc1ccc(C(=O)N2CCCC(Oc3ncc(Cl)cn3)C2)cc1. The lowest BCUT2D eigenvalue weighted by Crippen LogP contribution is -2.44. The first kappa shape index (κ1) is 20.4. The van der Waals surface area contributed by atoms with Crippen molar-refractivity contribution in [3.8, 4) is 11.8 Å². The van der Waals surface area contributed by atoms with Gasteiger partial charge < -0.3 is 14.4 Å². The maximum atomic E-state index is 12.8. The molecule has 1 aromatic heterocycles. The summed E-state index contributed by atoms with van der Waals surface area (Å²) < 4.78 is 11.5. The van der Waals surface area contributed by atoms with E-state index in [2.05, 4.69) is 16.9 Å². The molecule has 1 unspecified atom stereocenters. The molecule has 6 nitrogen and oxygen atoms in total. The monoisotopic (exact) mass is 403 g/mol. The highest BCUT2D eigenvalue weighted by Crippen LogP contribution is 2.20. The van der Waals surface area contributed by atoms with Crippen LogP contribution in [-0.4, -0.2) is 46.6 Å². The number of hydrogen-bond acceptors (Lipinski definition) is 5. The van der Waals surface area contributed by atoms with Gasteiger partial charge in [-0.2, -0.15) is 0 Å². The largest absolute Gasteiger partial charge is 0.494 e. The fourth-order valence-electron chi connectivity index (χ4n) is 3.15. The van der Waals surface area contributed by atoms with Gasteiger partial charge in [0.1, 0.15) is 11.9 Å². The fourth-order valence-corrected chi connectivity index (χ4v) is 3.25. The Morgan fingerprint density at radius 2 is 1.96 bits per heavy atom. The van der Waals surface area contributed by atoms with E-state index in [1.165, 1.54) is 18.8 Å². The highest BCUT2D eigenvalue weighted by molar-refractivity contribution is 6.30. The summed E-state index contributed by atoms with van der Waals surface area (Å²) in [6.07, 6.45) is 7.99. The molecule has 1 saturated heterocycles. The van der Waals surface area contributed by atoms with E-state index in [0.717, 1.165) is 38.0 Å². The van der Waals surface area contributed by atoms with Crippen molar-refractivity contribution in [3.05, 3.63) is 47.2 Å². The van der Waals surface area contributed by atoms with Crippen LogP contribution < -0.4 is 9.47 Å². The second-order valence-electron chi connectivity index (χ2n) is 6.90. The molecule has 2 heterocycles. The van der Waals surface area contributed by atoms with E-state index in [0.29, 0.717) is 23.7 Å². The first-order valence-electron chi connectivity index (χ1n) is 9.82. The first-order valence-corrected chi connectivity index (χ1v) is 10.2. The zero-order valence-corrected chi connectivity index (χ0v) is 16.9. The number of rotatable bonds is 8. The molecular weight excluding hydrogens is 378 g/mol. The molecule has 0 N–H and O–H groups in total. The number of likely N-dealkylation sites (tertiary alicyclic amines) is 1. The third-order valence-corrected chi connectivity index (χ3v) is 4.85. The minimum Gasteiger partial charge on any atom is -0.494 e. The Kier molecular flexibility index (Phi) is 7.48. The molecule has 1 aliphatic heterocycles. The van der Waals surface area contributed by atoms with Crippen molar-refractivity contribution in [2.75, 3.05) is 19.7 Å². The van der Waals surface area contributed by atoms with Crippen molar-refractivity contribution in [2.24, 2.45) is 0 Å². The van der Waals surface area contributed by atoms with Gasteiger partial charge in [0.15, 0.2) is 0 Å². The molecule has 0 spiro atoms. The Morgan fingerprint density at radius 3 is 2.68 bits per heavy atom. The summed E-state index contributed by atoms with van der Waals surface area (Å²) in [5.41, 5.74) is 0.657. The molecule has 1 aromatic carbocycles. The van der Waals surface area contributed by atoms with E-state index in [4.69, 9.17) is 21.1 Å². The number of carbonyl (C=O) groups excluding carboxylic acids is 1. The van der Waals surface area contributed by atoms with Gasteiger partial charge in [-0.05, 0) is 43.5 Å². The van der Waals surface area contributed by atoms with Crippen LogP contribution in [0, 0.1) is 0 Å². The van der Waals surface area contributed by atoms with Crippen LogP contribution >= 0.6 is 11.6 Å². The van der Waals surface area contributed by atoms with Gasteiger partial charge in [0.05, 0.1) is 30.6 Å². The molecule has 1 fully saturated rings. The standard InChI is InChI=1S/C21H26ClN3O3/c1-2-3-4-12-27-18-9-7-16(8-10-18)20(26)25-11-5-6-19(15-25)28-21-23-13-17(22)14-24-21/h7-10,13-14,19H,2-6,11-12,15H2,1H3. The Balaban J connectivity index is 1.53. The summed E-state index contributed by atoms with van der Waals surface area (Å²) in [4.78, 5) is 22.8. The van der Waals surface area contributed by atoms with E-state index in [1.54, 1.807) is 0 Å². The third kappa shape index (κ3) is 5.83. The van der Waals surface area contributed by atoms with Crippen molar-refractivity contribution in [1.29, 1.82) is 0 Å². The van der Waals surface area contributed by atoms with Crippen LogP contribution in [0.4, 0.5) is 0 Å². The van der Waals surface area contributed by atoms with Crippen LogP contribution in [0.5, 0.6) is 11.8 Å². The summed E-state index contributed by atoms with van der Waals surface area (Å²) in [6, 6.07) is 7.65. The Labute approximate surface area is 170 Å². The number of piperidine rings is 1. The normalized spacial score (nSPS) is 16.6. The average Bonchev–Trinajstić information content (AvgIpc) is 2.73. The number of benzene rings is 1. The van der Waals surface area contributed by atoms with Gasteiger partial charge >= 0.3 is 6.01 Å². The lowest BCUT2D eigenvalue weighted by Gasteiger charge is -2.32. The maximum absolute atomic E-state index is 12.8. The number of carbonyl (C=O) groups is 1. The molecule has 0 aliphatic carbocycles. The predicted molar refractivity (Wildman–Crippen MR) is 108 cm³/mol. The molecule has 0 saturated carbocycles. The van der Waals surface area contributed by atoms with E-state index in [-0.39, 0.29) is 18.0 Å². The Bertz CT molecular complexity index is 752. The molecule has 7 heteroatoms. The summed E-state index contributed by atoms with van der Waals surface area (Å²) in [6.45, 7) is 4.10. The van der Waals surface area contributed by atoms with Gasteiger partial charge in [-0.15, -0.1) is 0 Å². The smallest absolute Gasteiger partial charge is 0.316 e. The van der Waals surface area contributed by atoms with Crippen LogP contribution in [0.2, 0.25) is 5.02 Å². The molecule has 28 heavy (non-hydrogen) atoms. The van der Waals surface area contributed by atoms with E-state index in [1.807, 2.05) is 29.2 Å². The lowest BCUT2D eigenvalue weighted by atomic mass is 10.1. The minimum absolute atomic E-state index is 0.00265. The number of aromatic nitrogens is 2. The molecule has 150 valence electrons. The van der Waals surface area contributed by atoms with Crippen LogP contribution in [0.15, 0.2) is 36.7 Å². The van der Waals surface area contributed by atoms with Gasteiger partial charge in [0, 0.05) is 12.1 Å². The Hall–Kier alpha value is -2.34. The van der Waals surface area contributed by atoms with Gasteiger partial charge in [-0.3, -0.25) is 4.79 Å². The number of amides is 1. The fraction of sp³-hybridized carbons (Fsp3) is 0.476. The molecule has 1 aliphatic rings. The first-order chi connectivity index (χ1) is 13.7. The zero-order valence-electron chi connectivity index (χ0n) is 16.1. The summed E-state index contributed by atoms with van der Waals surface area (Å²) in [5, 5.41) is 0.464. The molecule has 3 rings (SSSR count). The van der Waals surface area contributed by atoms with Crippen LogP contribution in [0.1, 0.15) is 49.4 Å². The molecular formula is C21H26ClN3O3. The molecule has 1 amide bonds. The van der Waals surface area contributed by atoms with E-state index in [9.17, 15) is 4.79 Å². The van der Waals surface area contributed by atoms with Crippen LogP contribution in [-0.2, 0) is 0 Å². The van der Waals surface area contributed by atoms with Gasteiger partial charge in [0.25, 0.3) is 5.91 Å². The van der Waals surface area contributed by atoms with Crippen LogP contribution in [0.25, 0.3) is 0 Å². The van der Waals surface area contributed by atoms with Gasteiger partial charge in [0.2, 0.25) is 0 Å². The van der Waals surface area contributed by atoms with Crippen molar-refractivity contribution >= 4 is 17.5 Å². The highest BCUT2D eigenvalue weighted by atomic mass is 35.5. The maximum Gasteiger partial charge on any atom is 0.316 e. The molecule has 0 radical (unpaired) electrons. The van der Waals surface area contributed by atoms with E-state index < -0.39 is 0 Å². The average molecular weight is 404 g/mol. The van der Waals surface area contributed by atoms with E-state index >= 15 is 0 Å². The molecule has 1 atom stereocenters. The summed E-state index contributed by atoms with van der Waals surface area (Å²) >= 11 is 5.80. The highest BCUT2D eigenvalue weighted by Gasteiger charge is 2.26. The van der Waals surface area contributed by atoms with Crippen molar-refractivity contribution < 1.29 is 14.3 Å². The van der Waals surface area contributed by atoms with Gasteiger partial charge in [-0.25, -0.2) is 9.97 Å². The zero-order chi connectivity index (χ0) is 19.8. The van der Waals surface area contributed by atoms with Crippen molar-refractivity contribution in [3.63, 3.8) is 0 Å². The second kappa shape index (κ2) is 10.3. The van der Waals surface area contributed by atoms with Gasteiger partial charge in [-0.1, -0.05) is 31.4 Å². The second-order valence-corrected chi connectivity index (χ2v) is 7.33. The topological polar surface area (TPSA) is 64.5 Å². The Morgan fingerprint density at radius 1 is 1.21 bits per heavy atom. The number of ether oxygens (including phenoxy) is 2. The predicted octanol–water partition coefficient (Wildman–Crippen LogP) is 4.38. The third-order valence-electron chi connectivity index (χ3n) is 4.65. The number of nitrogens with zero attached hydrogens (tertiary/aromatic N) is 3. The quantitative estimate of drug-likeness (QED) is 0.612. The number of halogens is 1. The number of unbranched alkanes of at least 4 members (excludes halogenated alkanes) is 2. The summed E-state index contributed by atoms with van der Waals surface area (Å²) in [5.74, 6) is 0.801. The van der Waals surface area contributed by atoms with Crippen LogP contribution in [0.3, 0.4) is 0 Å². The molecule has 0 bridgehead atoms. The van der Waals surface area contributed by atoms with Crippen molar-refractivity contribution in [1.82, 2.24) is 14.9 Å². The lowest BCUT2D eigenvalue weighted by molar-refractivity contribution is 0.0516. The minimum atomic E-state index is -0.125. The summed E-state index contributed by atoms with van der Waals surface area (Å²) in [7, 11) is 0.